The number of nitrogens with one attached hydrogen (secondary N) is 2. The first-order valence-corrected chi connectivity index (χ1v) is 12.5. The highest BCUT2D eigenvalue weighted by atomic mass is 16.5. The molecule has 182 valence electrons. The van der Waals surface area contributed by atoms with Crippen LogP contribution in [0, 0.1) is 23.2 Å². The summed E-state index contributed by atoms with van der Waals surface area (Å²) in [6, 6.07) is 19.1. The monoisotopic (exact) mass is 472 g/mol. The Hall–Kier alpha value is -3.38. The van der Waals surface area contributed by atoms with E-state index >= 15 is 0 Å². The Labute approximate surface area is 205 Å². The summed E-state index contributed by atoms with van der Waals surface area (Å²) in [7, 11) is 0. The SMILES string of the molecule is CCC1C2C[C@H]1C2(CC)Cc1ccc2cc(COC(=O)Nc3ccc(C(=O)NO)cc3)ccc2c1. The molecule has 0 saturated heterocycles. The molecule has 3 aromatic carbocycles. The summed E-state index contributed by atoms with van der Waals surface area (Å²) in [6.45, 7) is 4.86. The van der Waals surface area contributed by atoms with Crippen molar-refractivity contribution in [3.63, 3.8) is 0 Å². The van der Waals surface area contributed by atoms with Crippen molar-refractivity contribution >= 4 is 28.5 Å². The maximum atomic E-state index is 12.2. The number of rotatable bonds is 8. The van der Waals surface area contributed by atoms with E-state index in [-0.39, 0.29) is 12.2 Å². The molecule has 3 N–H and O–H groups in total. The molecule has 6 heteroatoms. The van der Waals surface area contributed by atoms with Crippen LogP contribution in [-0.4, -0.2) is 17.2 Å². The lowest BCUT2D eigenvalue weighted by Gasteiger charge is -2.74. The number of anilines is 1. The van der Waals surface area contributed by atoms with Gasteiger partial charge in [-0.3, -0.25) is 15.3 Å². The number of hydrogen-bond acceptors (Lipinski definition) is 4. The van der Waals surface area contributed by atoms with E-state index in [4.69, 9.17) is 9.94 Å². The van der Waals surface area contributed by atoms with Gasteiger partial charge >= 0.3 is 6.09 Å². The highest BCUT2D eigenvalue weighted by molar-refractivity contribution is 5.94. The van der Waals surface area contributed by atoms with Crippen LogP contribution in [0.2, 0.25) is 0 Å². The van der Waals surface area contributed by atoms with E-state index in [0.29, 0.717) is 11.1 Å². The molecule has 2 bridgehead atoms. The number of benzene rings is 3. The van der Waals surface area contributed by atoms with Crippen molar-refractivity contribution in [2.24, 2.45) is 23.2 Å². The van der Waals surface area contributed by atoms with Crippen molar-refractivity contribution in [1.82, 2.24) is 5.48 Å². The Kier molecular flexibility index (Phi) is 6.24. The minimum Gasteiger partial charge on any atom is -0.444 e. The first-order valence-electron chi connectivity index (χ1n) is 12.5. The van der Waals surface area contributed by atoms with Crippen LogP contribution in [0.5, 0.6) is 0 Å². The van der Waals surface area contributed by atoms with E-state index in [9.17, 15) is 9.59 Å². The minimum absolute atomic E-state index is 0.162. The number of carbonyl (C=O) groups excluding carboxylic acids is 2. The second kappa shape index (κ2) is 9.34. The Balaban J connectivity index is 1.18. The zero-order valence-corrected chi connectivity index (χ0v) is 20.2. The summed E-state index contributed by atoms with van der Waals surface area (Å²) in [5.41, 5.74) is 5.22. The Morgan fingerprint density at radius 3 is 2.23 bits per heavy atom. The second-order valence-electron chi connectivity index (χ2n) is 10.0. The molecule has 0 heterocycles. The van der Waals surface area contributed by atoms with Gasteiger partial charge in [-0.2, -0.15) is 0 Å². The molecular formula is C29H32N2O4. The number of hydrogen-bond donors (Lipinski definition) is 3. The van der Waals surface area contributed by atoms with Crippen LogP contribution in [0.3, 0.4) is 0 Å². The number of hydroxylamine groups is 1. The van der Waals surface area contributed by atoms with Gasteiger partial charge in [-0.25, -0.2) is 10.3 Å². The topological polar surface area (TPSA) is 87.7 Å². The van der Waals surface area contributed by atoms with E-state index in [1.165, 1.54) is 48.8 Å². The number of ether oxygens (including phenoxy) is 1. The van der Waals surface area contributed by atoms with Gasteiger partial charge in [0.05, 0.1) is 0 Å². The van der Waals surface area contributed by atoms with Crippen molar-refractivity contribution in [2.75, 3.05) is 5.32 Å². The molecule has 0 aromatic heterocycles. The molecule has 3 saturated carbocycles. The maximum absolute atomic E-state index is 12.2. The fourth-order valence-electron chi connectivity index (χ4n) is 6.50. The number of carbonyl (C=O) groups is 2. The zero-order chi connectivity index (χ0) is 24.6. The lowest BCUT2D eigenvalue weighted by molar-refractivity contribution is -0.250. The highest BCUT2D eigenvalue weighted by Crippen LogP contribution is 2.74. The van der Waals surface area contributed by atoms with Gasteiger partial charge in [0.15, 0.2) is 0 Å². The summed E-state index contributed by atoms with van der Waals surface area (Å²) < 4.78 is 5.37. The molecule has 0 spiro atoms. The third-order valence-electron chi connectivity index (χ3n) is 8.52. The van der Waals surface area contributed by atoms with Gasteiger partial charge in [0.2, 0.25) is 0 Å². The molecule has 3 unspecified atom stereocenters. The molecule has 3 aromatic rings. The van der Waals surface area contributed by atoms with Crippen LogP contribution in [0.1, 0.15) is 54.6 Å². The van der Waals surface area contributed by atoms with Gasteiger partial charge in [-0.15, -0.1) is 0 Å². The highest BCUT2D eigenvalue weighted by Gasteiger charge is 2.68. The van der Waals surface area contributed by atoms with E-state index in [1.807, 2.05) is 6.07 Å². The van der Waals surface area contributed by atoms with E-state index in [1.54, 1.807) is 17.6 Å². The second-order valence-corrected chi connectivity index (χ2v) is 10.0. The molecule has 6 rings (SSSR count). The van der Waals surface area contributed by atoms with Crippen LogP contribution in [0.15, 0.2) is 60.7 Å². The Morgan fingerprint density at radius 2 is 1.63 bits per heavy atom. The van der Waals surface area contributed by atoms with Crippen LogP contribution in [0.25, 0.3) is 10.8 Å². The van der Waals surface area contributed by atoms with Crippen LogP contribution in [0.4, 0.5) is 10.5 Å². The smallest absolute Gasteiger partial charge is 0.411 e. The molecule has 3 aliphatic carbocycles. The minimum atomic E-state index is -0.614. The Bertz CT molecular complexity index is 1240. The molecular weight excluding hydrogens is 440 g/mol. The van der Waals surface area contributed by atoms with Crippen molar-refractivity contribution in [1.29, 1.82) is 0 Å². The molecule has 3 aliphatic rings. The Morgan fingerprint density at radius 1 is 0.971 bits per heavy atom. The van der Waals surface area contributed by atoms with Crippen molar-refractivity contribution < 1.29 is 19.5 Å². The molecule has 35 heavy (non-hydrogen) atoms. The summed E-state index contributed by atoms with van der Waals surface area (Å²) >= 11 is 0. The molecule has 2 amide bonds. The number of amides is 2. The first-order chi connectivity index (χ1) is 17.0. The molecule has 4 atom stereocenters. The van der Waals surface area contributed by atoms with Crippen molar-refractivity contribution in [2.45, 2.75) is 46.1 Å². The van der Waals surface area contributed by atoms with Crippen LogP contribution < -0.4 is 10.8 Å². The predicted molar refractivity (Wildman–Crippen MR) is 135 cm³/mol. The van der Waals surface area contributed by atoms with Gasteiger partial charge < -0.3 is 4.74 Å². The molecule has 3 fully saturated rings. The normalized spacial score (nSPS) is 24.3. The van der Waals surface area contributed by atoms with Gasteiger partial charge in [0.1, 0.15) is 6.61 Å². The third kappa shape index (κ3) is 4.16. The summed E-state index contributed by atoms with van der Waals surface area (Å²) in [6.07, 6.45) is 4.64. The molecule has 6 nitrogen and oxygen atoms in total. The van der Waals surface area contributed by atoms with Crippen LogP contribution in [-0.2, 0) is 17.8 Å². The summed E-state index contributed by atoms with van der Waals surface area (Å²) in [4.78, 5) is 23.6. The van der Waals surface area contributed by atoms with Gasteiger partial charge in [-0.05, 0) is 94.7 Å². The molecule has 0 aliphatic heterocycles. The predicted octanol–water partition coefficient (Wildman–Crippen LogP) is 6.32. The fourth-order valence-corrected chi connectivity index (χ4v) is 6.50. The first kappa shape index (κ1) is 23.4. The summed E-state index contributed by atoms with van der Waals surface area (Å²) in [5, 5.41) is 13.7. The standard InChI is InChI=1S/C29H32N2O4/c1-3-24-25-15-26(24)29(25,4-2)16-18-5-7-22-14-19(6-8-21(22)13-18)17-35-28(33)30-23-11-9-20(10-12-23)27(32)31-34/h5-14,24-26,34H,3-4,15-17H2,1-2H3,(H,30,33)(H,31,32)/t24?,25-,26?,29?/m1/s1. The van der Waals surface area contributed by atoms with Crippen molar-refractivity contribution in [3.8, 4) is 0 Å². The third-order valence-corrected chi connectivity index (χ3v) is 8.52. The molecule has 0 radical (unpaired) electrons. The zero-order valence-electron chi connectivity index (χ0n) is 20.2. The van der Waals surface area contributed by atoms with Gasteiger partial charge in [0.25, 0.3) is 5.91 Å². The number of fused-ring (bicyclic) bond motifs is 1. The quantitative estimate of drug-likeness (QED) is 0.264. The van der Waals surface area contributed by atoms with Gasteiger partial charge in [0, 0.05) is 11.3 Å². The van der Waals surface area contributed by atoms with E-state index < -0.39 is 12.0 Å². The lowest BCUT2D eigenvalue weighted by Crippen LogP contribution is -2.68. The maximum Gasteiger partial charge on any atom is 0.411 e. The summed E-state index contributed by atoms with van der Waals surface area (Å²) in [5.74, 6) is 2.18. The largest absolute Gasteiger partial charge is 0.444 e. The average Bonchev–Trinajstić information content (AvgIpc) is 2.84. The van der Waals surface area contributed by atoms with Crippen molar-refractivity contribution in [3.05, 3.63) is 77.4 Å². The van der Waals surface area contributed by atoms with E-state index in [2.05, 4.69) is 49.5 Å². The van der Waals surface area contributed by atoms with Crippen LogP contribution >= 0.6 is 0 Å². The fraction of sp³-hybridized carbons (Fsp3) is 0.379. The van der Waals surface area contributed by atoms with Gasteiger partial charge in [-0.1, -0.05) is 50.6 Å². The van der Waals surface area contributed by atoms with E-state index in [0.717, 1.165) is 28.7 Å². The lowest BCUT2D eigenvalue weighted by atomic mass is 9.31. The average molecular weight is 473 g/mol.